The Morgan fingerprint density at radius 1 is 1.29 bits per heavy atom. The van der Waals surface area contributed by atoms with Gasteiger partial charge in [-0.05, 0) is 19.9 Å². The molecule has 5 heteroatoms. The highest BCUT2D eigenvalue weighted by Crippen LogP contribution is 2.25. The molecule has 1 aromatic rings. The first-order chi connectivity index (χ1) is 6.23. The van der Waals surface area contributed by atoms with Crippen LogP contribution in [-0.2, 0) is 15.6 Å². The minimum atomic E-state index is -3.78. The Morgan fingerprint density at radius 2 is 1.79 bits per heavy atom. The minimum Gasteiger partial charge on any atom is -0.386 e. The summed E-state index contributed by atoms with van der Waals surface area (Å²) in [5.74, 6) is 0. The topological polar surface area (TPSA) is 80.4 Å². The molecule has 0 heterocycles. The van der Waals surface area contributed by atoms with Gasteiger partial charge in [0.25, 0.3) is 0 Å². The van der Waals surface area contributed by atoms with Crippen molar-refractivity contribution in [1.82, 2.24) is 0 Å². The largest absolute Gasteiger partial charge is 0.386 e. The standard InChI is InChI=1S/C9H13NO3S/c1-9(2,11)7-5-3-4-6-8(7)14(10,12)13/h3-6,11H,1-2H3,(H2,10,12,13). The lowest BCUT2D eigenvalue weighted by molar-refractivity contribution is 0.0755. The van der Waals surface area contributed by atoms with Gasteiger partial charge in [-0.3, -0.25) is 0 Å². The number of hydrogen-bond donors (Lipinski definition) is 2. The molecule has 0 fully saturated rings. The molecule has 0 unspecified atom stereocenters. The first-order valence-electron chi connectivity index (χ1n) is 4.07. The highest BCUT2D eigenvalue weighted by molar-refractivity contribution is 7.89. The molecule has 0 saturated heterocycles. The molecule has 0 aliphatic heterocycles. The molecule has 3 N–H and O–H groups in total. The van der Waals surface area contributed by atoms with Gasteiger partial charge in [0.15, 0.2) is 0 Å². The molecule has 1 rings (SSSR count). The Bertz CT molecular complexity index is 432. The van der Waals surface area contributed by atoms with Crippen LogP contribution in [0.4, 0.5) is 0 Å². The third-order valence-corrected chi connectivity index (χ3v) is 2.82. The van der Waals surface area contributed by atoms with Crippen LogP contribution >= 0.6 is 0 Å². The van der Waals surface area contributed by atoms with Crippen LogP contribution in [0.3, 0.4) is 0 Å². The van der Waals surface area contributed by atoms with Gasteiger partial charge in [-0.1, -0.05) is 18.2 Å². The van der Waals surface area contributed by atoms with Crippen molar-refractivity contribution in [3.05, 3.63) is 29.8 Å². The van der Waals surface area contributed by atoms with Crippen molar-refractivity contribution in [1.29, 1.82) is 0 Å². The molecule has 0 radical (unpaired) electrons. The zero-order valence-corrected chi connectivity index (χ0v) is 8.88. The summed E-state index contributed by atoms with van der Waals surface area (Å²) in [5, 5.41) is 14.7. The molecule has 14 heavy (non-hydrogen) atoms. The van der Waals surface area contributed by atoms with Gasteiger partial charge in [-0.15, -0.1) is 0 Å². The molecular weight excluding hydrogens is 202 g/mol. The van der Waals surface area contributed by atoms with E-state index in [0.717, 1.165) is 0 Å². The van der Waals surface area contributed by atoms with Crippen molar-refractivity contribution in [2.45, 2.75) is 24.3 Å². The molecule has 78 valence electrons. The van der Waals surface area contributed by atoms with E-state index >= 15 is 0 Å². The van der Waals surface area contributed by atoms with E-state index in [1.807, 2.05) is 0 Å². The van der Waals surface area contributed by atoms with Crippen molar-refractivity contribution in [3.63, 3.8) is 0 Å². The van der Waals surface area contributed by atoms with Crippen LogP contribution in [0.1, 0.15) is 19.4 Å². The van der Waals surface area contributed by atoms with E-state index in [1.165, 1.54) is 19.9 Å². The van der Waals surface area contributed by atoms with E-state index in [4.69, 9.17) is 5.14 Å². The second-order valence-corrected chi connectivity index (χ2v) is 5.13. The van der Waals surface area contributed by atoms with E-state index in [0.29, 0.717) is 5.56 Å². The number of hydrogen-bond acceptors (Lipinski definition) is 3. The summed E-state index contributed by atoms with van der Waals surface area (Å²) in [7, 11) is -3.78. The Kier molecular flexibility index (Phi) is 2.67. The fraction of sp³-hybridized carbons (Fsp3) is 0.333. The average molecular weight is 215 g/mol. The molecule has 0 aliphatic rings. The second kappa shape index (κ2) is 3.34. The molecule has 0 aliphatic carbocycles. The SMILES string of the molecule is CC(C)(O)c1ccccc1S(N)(=O)=O. The quantitative estimate of drug-likeness (QED) is 0.756. The van der Waals surface area contributed by atoms with Crippen molar-refractivity contribution >= 4 is 10.0 Å². The summed E-state index contributed by atoms with van der Waals surface area (Å²) in [6, 6.07) is 6.14. The van der Waals surface area contributed by atoms with Gasteiger partial charge < -0.3 is 5.11 Å². The summed E-state index contributed by atoms with van der Waals surface area (Å²) in [6.45, 7) is 3.02. The monoisotopic (exact) mass is 215 g/mol. The number of benzene rings is 1. The Balaban J connectivity index is 3.47. The minimum absolute atomic E-state index is 0.0347. The van der Waals surface area contributed by atoms with Gasteiger partial charge in [0.1, 0.15) is 0 Å². The lowest BCUT2D eigenvalue weighted by Gasteiger charge is -2.20. The average Bonchev–Trinajstić information content (AvgIpc) is 2.01. The summed E-state index contributed by atoms with van der Waals surface area (Å²) in [5.41, 5.74) is -0.911. The molecule has 0 bridgehead atoms. The van der Waals surface area contributed by atoms with Crippen LogP contribution in [-0.4, -0.2) is 13.5 Å². The number of sulfonamides is 1. The molecule has 0 spiro atoms. The van der Waals surface area contributed by atoms with E-state index < -0.39 is 15.6 Å². The maximum Gasteiger partial charge on any atom is 0.238 e. The van der Waals surface area contributed by atoms with Gasteiger partial charge >= 0.3 is 0 Å². The molecule has 4 nitrogen and oxygen atoms in total. The number of rotatable bonds is 2. The van der Waals surface area contributed by atoms with Crippen LogP contribution in [0, 0.1) is 0 Å². The number of primary sulfonamides is 1. The third-order valence-electron chi connectivity index (χ3n) is 1.85. The van der Waals surface area contributed by atoms with E-state index in [-0.39, 0.29) is 4.90 Å². The van der Waals surface area contributed by atoms with E-state index in [1.54, 1.807) is 18.2 Å². The van der Waals surface area contributed by atoms with Crippen LogP contribution in [0.5, 0.6) is 0 Å². The normalized spacial score (nSPS) is 12.9. The van der Waals surface area contributed by atoms with Gasteiger partial charge in [0, 0.05) is 5.56 Å². The molecule has 0 saturated carbocycles. The van der Waals surface area contributed by atoms with Crippen LogP contribution < -0.4 is 5.14 Å². The van der Waals surface area contributed by atoms with Crippen LogP contribution in [0.15, 0.2) is 29.2 Å². The van der Waals surface area contributed by atoms with Gasteiger partial charge in [0.2, 0.25) is 10.0 Å². The predicted molar refractivity (Wildman–Crippen MR) is 53.1 cm³/mol. The number of nitrogens with two attached hydrogens (primary N) is 1. The highest BCUT2D eigenvalue weighted by atomic mass is 32.2. The van der Waals surface area contributed by atoms with Gasteiger partial charge in [-0.25, -0.2) is 13.6 Å². The van der Waals surface area contributed by atoms with Gasteiger partial charge in [0.05, 0.1) is 10.5 Å². The van der Waals surface area contributed by atoms with E-state index in [2.05, 4.69) is 0 Å². The van der Waals surface area contributed by atoms with Crippen molar-refractivity contribution < 1.29 is 13.5 Å². The smallest absolute Gasteiger partial charge is 0.238 e. The zero-order chi connectivity index (χ0) is 11.0. The molecule has 0 aromatic heterocycles. The zero-order valence-electron chi connectivity index (χ0n) is 8.06. The van der Waals surface area contributed by atoms with Crippen LogP contribution in [0.2, 0.25) is 0 Å². The fourth-order valence-electron chi connectivity index (χ4n) is 1.22. The van der Waals surface area contributed by atoms with Crippen molar-refractivity contribution in [3.8, 4) is 0 Å². The third kappa shape index (κ3) is 2.31. The molecular formula is C9H13NO3S. The van der Waals surface area contributed by atoms with Crippen molar-refractivity contribution in [2.75, 3.05) is 0 Å². The summed E-state index contributed by atoms with van der Waals surface area (Å²) >= 11 is 0. The lowest BCUT2D eigenvalue weighted by atomic mass is 9.99. The Labute approximate surface area is 83.4 Å². The number of aliphatic hydroxyl groups is 1. The first kappa shape index (κ1) is 11.2. The summed E-state index contributed by atoms with van der Waals surface area (Å²) in [4.78, 5) is -0.0347. The van der Waals surface area contributed by atoms with Gasteiger partial charge in [-0.2, -0.15) is 0 Å². The maximum atomic E-state index is 11.2. The summed E-state index contributed by atoms with van der Waals surface area (Å²) < 4.78 is 22.3. The summed E-state index contributed by atoms with van der Waals surface area (Å²) in [6.07, 6.45) is 0. The lowest BCUT2D eigenvalue weighted by Crippen LogP contribution is -2.23. The molecule has 1 aromatic carbocycles. The van der Waals surface area contributed by atoms with E-state index in [9.17, 15) is 13.5 Å². The highest BCUT2D eigenvalue weighted by Gasteiger charge is 2.24. The van der Waals surface area contributed by atoms with Crippen molar-refractivity contribution in [2.24, 2.45) is 5.14 Å². The van der Waals surface area contributed by atoms with Crippen LogP contribution in [0.25, 0.3) is 0 Å². The first-order valence-corrected chi connectivity index (χ1v) is 5.62. The Morgan fingerprint density at radius 3 is 2.14 bits per heavy atom. The maximum absolute atomic E-state index is 11.2. The fourth-order valence-corrected chi connectivity index (χ4v) is 2.11. The molecule has 0 amide bonds. The second-order valence-electron chi connectivity index (χ2n) is 3.60. The predicted octanol–water partition coefficient (Wildman–Crippen LogP) is 0.561. The molecule has 0 atom stereocenters. The Hall–Kier alpha value is -0.910.